The molecule has 2 rings (SSSR count). The van der Waals surface area contributed by atoms with E-state index in [-0.39, 0.29) is 11.4 Å². The number of nitrogens with one attached hydrogen (secondary N) is 2. The van der Waals surface area contributed by atoms with Crippen LogP contribution in [0.4, 0.5) is 5.69 Å². The lowest BCUT2D eigenvalue weighted by atomic mass is 10.2. The van der Waals surface area contributed by atoms with Gasteiger partial charge in [0.25, 0.3) is 0 Å². The second-order valence-corrected chi connectivity index (χ2v) is 5.67. The topological polar surface area (TPSA) is 99.5 Å². The highest BCUT2D eigenvalue weighted by atomic mass is 79.9. The van der Waals surface area contributed by atoms with Gasteiger partial charge < -0.3 is 10.1 Å². The van der Waals surface area contributed by atoms with E-state index in [0.717, 1.165) is 0 Å². The number of allylic oxidation sites excluding steroid dienone is 1. The van der Waals surface area contributed by atoms with E-state index in [2.05, 4.69) is 57.8 Å². The van der Waals surface area contributed by atoms with Crippen molar-refractivity contribution >= 4 is 54.7 Å². The van der Waals surface area contributed by atoms with Gasteiger partial charge in [0, 0.05) is 6.20 Å². The molecule has 2 aromatic rings. The Labute approximate surface area is 141 Å². The first-order chi connectivity index (χ1) is 10.1. The van der Waals surface area contributed by atoms with Crippen molar-refractivity contribution < 1.29 is 4.74 Å². The van der Waals surface area contributed by atoms with Gasteiger partial charge in [-0.05, 0) is 43.1 Å². The molecule has 10 heteroatoms. The molecule has 7 nitrogen and oxygen atoms in total. The first-order valence-corrected chi connectivity index (χ1v) is 7.37. The molecular formula is C11H7Br2ClN6O. The van der Waals surface area contributed by atoms with Crippen LogP contribution in [0.1, 0.15) is 5.82 Å². The number of ether oxygens (including phenoxy) is 1. The van der Waals surface area contributed by atoms with Gasteiger partial charge in [-0.25, -0.2) is 0 Å². The van der Waals surface area contributed by atoms with E-state index in [1.54, 1.807) is 13.2 Å². The van der Waals surface area contributed by atoms with E-state index in [4.69, 9.17) is 21.6 Å². The van der Waals surface area contributed by atoms with Crippen LogP contribution in [0.15, 0.2) is 21.2 Å². The van der Waals surface area contributed by atoms with Crippen LogP contribution in [0.3, 0.4) is 0 Å². The number of methoxy groups -OCH3 is 1. The second kappa shape index (κ2) is 6.89. The Hall–Kier alpha value is -1.63. The maximum atomic E-state index is 9.10. The molecule has 0 radical (unpaired) electrons. The van der Waals surface area contributed by atoms with E-state index in [9.17, 15) is 0 Å². The highest BCUT2D eigenvalue weighted by Crippen LogP contribution is 2.43. The van der Waals surface area contributed by atoms with Gasteiger partial charge in [0.15, 0.2) is 0 Å². The summed E-state index contributed by atoms with van der Waals surface area (Å²) in [6, 6.07) is 3.65. The molecule has 108 valence electrons. The number of tetrazole rings is 1. The molecule has 0 spiro atoms. The molecule has 1 heterocycles. The van der Waals surface area contributed by atoms with Gasteiger partial charge in [0.05, 0.1) is 26.8 Å². The highest BCUT2D eigenvalue weighted by Gasteiger charge is 2.15. The predicted octanol–water partition coefficient (Wildman–Crippen LogP) is 3.36. The lowest BCUT2D eigenvalue weighted by Gasteiger charge is -2.13. The van der Waals surface area contributed by atoms with Crippen LogP contribution in [-0.2, 0) is 0 Å². The molecule has 0 saturated heterocycles. The summed E-state index contributed by atoms with van der Waals surface area (Å²) < 4.78 is 6.58. The van der Waals surface area contributed by atoms with Crippen LogP contribution >= 0.6 is 43.5 Å². The van der Waals surface area contributed by atoms with Crippen molar-refractivity contribution in [3.63, 3.8) is 0 Å². The van der Waals surface area contributed by atoms with Gasteiger partial charge in [-0.1, -0.05) is 11.6 Å². The van der Waals surface area contributed by atoms with E-state index >= 15 is 0 Å². The number of nitrogens with zero attached hydrogens (tertiary/aromatic N) is 4. The van der Waals surface area contributed by atoms with Gasteiger partial charge in [0.2, 0.25) is 5.82 Å². The van der Waals surface area contributed by atoms with Crippen LogP contribution in [0.2, 0.25) is 5.02 Å². The molecule has 0 saturated carbocycles. The van der Waals surface area contributed by atoms with Crippen molar-refractivity contribution in [2.75, 3.05) is 12.4 Å². The van der Waals surface area contributed by atoms with Crippen LogP contribution in [0, 0.1) is 11.3 Å². The zero-order valence-electron chi connectivity index (χ0n) is 10.5. The summed E-state index contributed by atoms with van der Waals surface area (Å²) in [5.41, 5.74) is 0.751. The lowest BCUT2D eigenvalue weighted by Crippen LogP contribution is -1.97. The van der Waals surface area contributed by atoms with E-state index in [0.29, 0.717) is 25.4 Å². The lowest BCUT2D eigenvalue weighted by molar-refractivity contribution is 0.410. The number of hydrogen-bond donors (Lipinski definition) is 2. The Morgan fingerprint density at radius 3 is 2.90 bits per heavy atom. The summed E-state index contributed by atoms with van der Waals surface area (Å²) in [6.07, 6.45) is 1.43. The van der Waals surface area contributed by atoms with Crippen molar-refractivity contribution in [2.24, 2.45) is 0 Å². The third-order valence-corrected chi connectivity index (χ3v) is 4.04. The average molecular weight is 434 g/mol. The highest BCUT2D eigenvalue weighted by molar-refractivity contribution is 9.11. The standard InChI is InChI=1S/C11H7Br2ClN6O/c1-21-10-6(12)2-7(14)9(8(10)13)16-4-5(3-15)11-17-19-20-18-11/h2,4,16H,1H3,(H,17,18,19,20). The smallest absolute Gasteiger partial charge is 0.216 e. The van der Waals surface area contributed by atoms with Crippen molar-refractivity contribution in [1.29, 1.82) is 5.26 Å². The van der Waals surface area contributed by atoms with Crippen molar-refractivity contribution in [3.05, 3.63) is 32.1 Å². The molecule has 0 bridgehead atoms. The fourth-order valence-corrected chi connectivity index (χ4v) is 3.52. The minimum Gasteiger partial charge on any atom is -0.494 e. The van der Waals surface area contributed by atoms with Gasteiger partial charge in [0.1, 0.15) is 17.4 Å². The third kappa shape index (κ3) is 3.34. The molecule has 2 N–H and O–H groups in total. The van der Waals surface area contributed by atoms with Gasteiger partial charge in [-0.3, -0.25) is 0 Å². The summed E-state index contributed by atoms with van der Waals surface area (Å²) in [7, 11) is 1.54. The minimum atomic E-state index is 0.182. The molecule has 0 aliphatic heterocycles. The number of halogens is 3. The number of benzene rings is 1. The molecule has 0 aliphatic rings. The van der Waals surface area contributed by atoms with Crippen LogP contribution in [-0.4, -0.2) is 27.7 Å². The fraction of sp³-hybridized carbons (Fsp3) is 0.0909. The van der Waals surface area contributed by atoms with Crippen LogP contribution in [0.5, 0.6) is 5.75 Å². The molecule has 21 heavy (non-hydrogen) atoms. The molecule has 0 aliphatic carbocycles. The molecule has 0 amide bonds. The van der Waals surface area contributed by atoms with Gasteiger partial charge >= 0.3 is 0 Å². The second-order valence-electron chi connectivity index (χ2n) is 3.61. The molecule has 0 fully saturated rings. The summed E-state index contributed by atoms with van der Waals surface area (Å²) in [4.78, 5) is 0. The molecule has 0 atom stereocenters. The quantitative estimate of drug-likeness (QED) is 0.716. The number of anilines is 1. The maximum Gasteiger partial charge on any atom is 0.216 e. The average Bonchev–Trinajstić information content (AvgIpc) is 2.96. The first kappa shape index (κ1) is 15.8. The minimum absolute atomic E-state index is 0.182. The molecule has 1 aromatic carbocycles. The Morgan fingerprint density at radius 1 is 1.57 bits per heavy atom. The number of H-pyrrole nitrogens is 1. The summed E-state index contributed by atoms with van der Waals surface area (Å²) in [6.45, 7) is 0. The normalized spacial score (nSPS) is 11.1. The molecule has 0 unspecified atom stereocenters. The zero-order valence-corrected chi connectivity index (χ0v) is 14.4. The monoisotopic (exact) mass is 432 g/mol. The number of aromatic nitrogens is 4. The summed E-state index contributed by atoms with van der Waals surface area (Å²) in [5.74, 6) is 0.759. The third-order valence-electron chi connectivity index (χ3n) is 2.40. The Balaban J connectivity index is 2.38. The van der Waals surface area contributed by atoms with Crippen LogP contribution < -0.4 is 10.1 Å². The Morgan fingerprint density at radius 2 is 2.33 bits per heavy atom. The Bertz CT molecular complexity index is 725. The fourth-order valence-electron chi connectivity index (χ4n) is 1.46. The largest absolute Gasteiger partial charge is 0.494 e. The van der Waals surface area contributed by atoms with Crippen molar-refractivity contribution in [1.82, 2.24) is 20.6 Å². The van der Waals surface area contributed by atoms with E-state index in [1.165, 1.54) is 6.20 Å². The summed E-state index contributed by atoms with van der Waals surface area (Å²) in [5, 5.41) is 25.6. The first-order valence-electron chi connectivity index (χ1n) is 5.40. The van der Waals surface area contributed by atoms with Crippen molar-refractivity contribution in [3.8, 4) is 11.8 Å². The predicted molar refractivity (Wildman–Crippen MR) is 84.8 cm³/mol. The number of nitriles is 1. The van der Waals surface area contributed by atoms with Gasteiger partial charge in [-0.2, -0.15) is 10.5 Å². The molecular weight excluding hydrogens is 427 g/mol. The van der Waals surface area contributed by atoms with E-state index < -0.39 is 0 Å². The maximum absolute atomic E-state index is 9.10. The number of hydrogen-bond acceptors (Lipinski definition) is 6. The number of rotatable bonds is 4. The summed E-state index contributed by atoms with van der Waals surface area (Å²) >= 11 is 12.9. The van der Waals surface area contributed by atoms with Crippen molar-refractivity contribution in [2.45, 2.75) is 0 Å². The number of aromatic amines is 1. The Kier molecular flexibility index (Phi) is 5.17. The van der Waals surface area contributed by atoms with Gasteiger partial charge in [-0.15, -0.1) is 10.2 Å². The zero-order chi connectivity index (χ0) is 15.4. The van der Waals surface area contributed by atoms with Crippen LogP contribution in [0.25, 0.3) is 5.57 Å². The van der Waals surface area contributed by atoms with E-state index in [1.807, 2.05) is 6.07 Å². The SMILES string of the molecule is COc1c(Br)cc(Cl)c(NC=C(C#N)c2nn[nH]n2)c1Br. The molecule has 1 aromatic heterocycles.